The van der Waals surface area contributed by atoms with Crippen LogP contribution in [0.15, 0.2) is 49.2 Å². The fourth-order valence-electron chi connectivity index (χ4n) is 2.74. The highest BCUT2D eigenvalue weighted by molar-refractivity contribution is 5.86. The molecule has 0 aliphatic carbocycles. The van der Waals surface area contributed by atoms with Crippen molar-refractivity contribution in [1.29, 1.82) is 0 Å². The molecule has 1 amide bonds. The number of para-hydroxylation sites is 1. The molecule has 0 radical (unpaired) electrons. The molecular weight excluding hydrogens is 290 g/mol. The Morgan fingerprint density at radius 3 is 3.04 bits per heavy atom. The van der Waals surface area contributed by atoms with Gasteiger partial charge in [-0.2, -0.15) is 0 Å². The van der Waals surface area contributed by atoms with Crippen molar-refractivity contribution in [2.45, 2.75) is 32.0 Å². The Morgan fingerprint density at radius 1 is 1.43 bits per heavy atom. The molecule has 0 bridgehead atoms. The number of nitrogens with one attached hydrogen (secondary N) is 2. The van der Waals surface area contributed by atoms with Crippen LogP contribution in [0.3, 0.4) is 0 Å². The molecule has 0 saturated heterocycles. The predicted molar refractivity (Wildman–Crippen MR) is 89.8 cm³/mol. The van der Waals surface area contributed by atoms with Crippen LogP contribution in [0.1, 0.15) is 12.5 Å². The van der Waals surface area contributed by atoms with Crippen molar-refractivity contribution in [3.8, 4) is 0 Å². The normalized spacial score (nSPS) is 13.8. The van der Waals surface area contributed by atoms with E-state index in [4.69, 9.17) is 5.73 Å². The molecule has 3 aromatic rings. The van der Waals surface area contributed by atoms with E-state index in [1.807, 2.05) is 48.1 Å². The second-order valence-corrected chi connectivity index (χ2v) is 5.84. The Labute approximate surface area is 134 Å². The molecule has 2 atom stereocenters. The third kappa shape index (κ3) is 3.60. The molecule has 0 spiro atoms. The smallest absolute Gasteiger partial charge is 0.237 e. The van der Waals surface area contributed by atoms with E-state index >= 15 is 0 Å². The summed E-state index contributed by atoms with van der Waals surface area (Å²) in [4.78, 5) is 19.5. The number of nitrogens with two attached hydrogens (primary N) is 1. The number of aromatic nitrogens is 3. The Bertz CT molecular complexity index is 777. The summed E-state index contributed by atoms with van der Waals surface area (Å²) in [7, 11) is 0. The Morgan fingerprint density at radius 2 is 2.26 bits per heavy atom. The summed E-state index contributed by atoms with van der Waals surface area (Å²) in [6.07, 6.45) is 7.75. The zero-order valence-corrected chi connectivity index (χ0v) is 13.1. The Hall–Kier alpha value is -2.60. The van der Waals surface area contributed by atoms with Crippen molar-refractivity contribution in [2.75, 3.05) is 0 Å². The largest absolute Gasteiger partial charge is 0.361 e. The fourth-order valence-corrected chi connectivity index (χ4v) is 2.74. The number of amides is 1. The van der Waals surface area contributed by atoms with Gasteiger partial charge in [-0.25, -0.2) is 4.98 Å². The molecule has 2 heterocycles. The lowest BCUT2D eigenvalue weighted by Crippen LogP contribution is -2.46. The van der Waals surface area contributed by atoms with Gasteiger partial charge in [0.1, 0.15) is 0 Å². The SMILES string of the molecule is CC(Cn1ccnc1)NC(=O)[C@@H](N)Cc1c[nH]c2ccccc12. The van der Waals surface area contributed by atoms with Gasteiger partial charge in [-0.05, 0) is 25.0 Å². The first-order valence-corrected chi connectivity index (χ1v) is 7.70. The highest BCUT2D eigenvalue weighted by Gasteiger charge is 2.18. The average molecular weight is 311 g/mol. The van der Waals surface area contributed by atoms with Crippen LogP contribution in [-0.2, 0) is 17.8 Å². The third-order valence-electron chi connectivity index (χ3n) is 3.88. The first kappa shape index (κ1) is 15.3. The number of H-pyrrole nitrogens is 1. The van der Waals surface area contributed by atoms with E-state index in [1.165, 1.54) is 0 Å². The van der Waals surface area contributed by atoms with Gasteiger partial charge >= 0.3 is 0 Å². The standard InChI is InChI=1S/C17H21N5O/c1-12(10-22-7-6-19-11-22)21-17(23)15(18)8-13-9-20-16-5-3-2-4-14(13)16/h2-7,9,11-12,15,20H,8,10,18H2,1H3,(H,21,23)/t12?,15-/m0/s1. The molecule has 0 saturated carbocycles. The average Bonchev–Trinajstić information content (AvgIpc) is 3.17. The lowest BCUT2D eigenvalue weighted by atomic mass is 10.0. The molecule has 0 fully saturated rings. The van der Waals surface area contributed by atoms with Crippen molar-refractivity contribution >= 4 is 16.8 Å². The van der Waals surface area contributed by atoms with E-state index in [9.17, 15) is 4.79 Å². The number of carbonyl (C=O) groups excluding carboxylic acids is 1. The van der Waals surface area contributed by atoms with Crippen LogP contribution in [0.5, 0.6) is 0 Å². The highest BCUT2D eigenvalue weighted by atomic mass is 16.2. The predicted octanol–water partition coefficient (Wildman–Crippen LogP) is 1.44. The van der Waals surface area contributed by atoms with Crippen molar-refractivity contribution in [1.82, 2.24) is 19.9 Å². The number of hydrogen-bond donors (Lipinski definition) is 3. The first-order chi connectivity index (χ1) is 11.1. The lowest BCUT2D eigenvalue weighted by Gasteiger charge is -2.17. The molecule has 6 nitrogen and oxygen atoms in total. The monoisotopic (exact) mass is 311 g/mol. The molecule has 1 unspecified atom stereocenters. The maximum atomic E-state index is 12.3. The molecule has 6 heteroatoms. The molecule has 0 aliphatic rings. The third-order valence-corrected chi connectivity index (χ3v) is 3.88. The summed E-state index contributed by atoms with van der Waals surface area (Å²) in [6.45, 7) is 2.63. The summed E-state index contributed by atoms with van der Waals surface area (Å²) in [5, 5.41) is 4.07. The van der Waals surface area contributed by atoms with Crippen LogP contribution in [0.25, 0.3) is 10.9 Å². The molecule has 2 aromatic heterocycles. The molecule has 1 aromatic carbocycles. The quantitative estimate of drug-likeness (QED) is 0.643. The number of fused-ring (bicyclic) bond motifs is 1. The van der Waals surface area contributed by atoms with Gasteiger partial charge in [0.2, 0.25) is 5.91 Å². The van der Waals surface area contributed by atoms with E-state index in [-0.39, 0.29) is 11.9 Å². The van der Waals surface area contributed by atoms with Gasteiger partial charge in [0, 0.05) is 42.1 Å². The summed E-state index contributed by atoms with van der Waals surface area (Å²) < 4.78 is 1.93. The first-order valence-electron chi connectivity index (χ1n) is 7.70. The van der Waals surface area contributed by atoms with Crippen molar-refractivity contribution in [2.24, 2.45) is 5.73 Å². The van der Waals surface area contributed by atoms with Crippen LogP contribution in [-0.4, -0.2) is 32.5 Å². The zero-order valence-electron chi connectivity index (χ0n) is 13.1. The minimum Gasteiger partial charge on any atom is -0.361 e. The molecule has 3 rings (SSSR count). The van der Waals surface area contributed by atoms with Crippen molar-refractivity contribution in [3.63, 3.8) is 0 Å². The minimum absolute atomic E-state index is 0.00859. The summed E-state index contributed by atoms with van der Waals surface area (Å²) >= 11 is 0. The molecule has 120 valence electrons. The van der Waals surface area contributed by atoms with Crippen LogP contribution in [0, 0.1) is 0 Å². The van der Waals surface area contributed by atoms with Crippen LogP contribution < -0.4 is 11.1 Å². The maximum Gasteiger partial charge on any atom is 0.237 e. The molecule has 0 aliphatic heterocycles. The number of carbonyl (C=O) groups is 1. The summed E-state index contributed by atoms with van der Waals surface area (Å²) in [5.41, 5.74) is 8.20. The van der Waals surface area contributed by atoms with Gasteiger partial charge in [0.15, 0.2) is 0 Å². The van der Waals surface area contributed by atoms with E-state index in [0.717, 1.165) is 16.5 Å². The minimum atomic E-state index is -0.570. The molecule has 4 N–H and O–H groups in total. The van der Waals surface area contributed by atoms with Crippen molar-refractivity contribution in [3.05, 3.63) is 54.7 Å². The van der Waals surface area contributed by atoms with E-state index in [0.29, 0.717) is 13.0 Å². The second kappa shape index (κ2) is 6.66. The van der Waals surface area contributed by atoms with Crippen LogP contribution in [0.2, 0.25) is 0 Å². The molecular formula is C17H21N5O. The van der Waals surface area contributed by atoms with Gasteiger partial charge in [0.05, 0.1) is 12.4 Å². The van der Waals surface area contributed by atoms with Crippen LogP contribution in [0.4, 0.5) is 0 Å². The van der Waals surface area contributed by atoms with E-state index < -0.39 is 6.04 Å². The Kier molecular flexibility index (Phi) is 4.43. The fraction of sp³-hybridized carbons (Fsp3) is 0.294. The lowest BCUT2D eigenvalue weighted by molar-refractivity contribution is -0.123. The summed E-state index contributed by atoms with van der Waals surface area (Å²) in [5.74, 6) is -0.136. The van der Waals surface area contributed by atoms with E-state index in [2.05, 4.69) is 15.3 Å². The number of imidazole rings is 1. The van der Waals surface area contributed by atoms with Crippen molar-refractivity contribution < 1.29 is 4.79 Å². The second-order valence-electron chi connectivity index (χ2n) is 5.84. The Balaban J connectivity index is 1.59. The zero-order chi connectivity index (χ0) is 16.2. The molecule has 23 heavy (non-hydrogen) atoms. The number of hydrogen-bond acceptors (Lipinski definition) is 3. The highest BCUT2D eigenvalue weighted by Crippen LogP contribution is 2.18. The van der Waals surface area contributed by atoms with Gasteiger partial charge in [0.25, 0.3) is 0 Å². The van der Waals surface area contributed by atoms with E-state index in [1.54, 1.807) is 12.5 Å². The van der Waals surface area contributed by atoms with Gasteiger partial charge < -0.3 is 20.6 Å². The number of rotatable bonds is 6. The van der Waals surface area contributed by atoms with Gasteiger partial charge in [-0.3, -0.25) is 4.79 Å². The summed E-state index contributed by atoms with van der Waals surface area (Å²) in [6, 6.07) is 7.43. The number of benzene rings is 1. The van der Waals surface area contributed by atoms with Gasteiger partial charge in [-0.15, -0.1) is 0 Å². The van der Waals surface area contributed by atoms with Crippen LogP contribution >= 0.6 is 0 Å². The van der Waals surface area contributed by atoms with Gasteiger partial charge in [-0.1, -0.05) is 18.2 Å². The topological polar surface area (TPSA) is 88.7 Å². The maximum absolute atomic E-state index is 12.3. The number of nitrogens with zero attached hydrogens (tertiary/aromatic N) is 2. The number of aromatic amines is 1.